The monoisotopic (exact) mass is 172 g/mol. The molecule has 0 saturated carbocycles. The van der Waals surface area contributed by atoms with Gasteiger partial charge < -0.3 is 4.74 Å². The molecule has 13 heavy (non-hydrogen) atoms. The summed E-state index contributed by atoms with van der Waals surface area (Å²) in [4.78, 5) is 0. The van der Waals surface area contributed by atoms with Crippen LogP contribution in [0.3, 0.4) is 0 Å². The van der Waals surface area contributed by atoms with Crippen LogP contribution < -0.4 is 10.4 Å². The zero-order valence-corrected chi connectivity index (χ0v) is 7.49. The topological polar surface area (TPSA) is 9.23 Å². The lowest BCUT2D eigenvalue weighted by atomic mass is 9.97. The Bertz CT molecular complexity index is 444. The van der Waals surface area contributed by atoms with E-state index in [4.69, 9.17) is 4.74 Å². The largest absolute Gasteiger partial charge is 0.373 e. The van der Waals surface area contributed by atoms with E-state index in [1.165, 1.54) is 16.0 Å². The van der Waals surface area contributed by atoms with E-state index in [1.807, 2.05) is 0 Å². The molecule has 66 valence electrons. The zero-order valence-electron chi connectivity index (χ0n) is 7.49. The summed E-state index contributed by atoms with van der Waals surface area (Å²) < 4.78 is 5.65. The fourth-order valence-corrected chi connectivity index (χ4v) is 2.29. The zero-order chi connectivity index (χ0) is 8.67. The highest BCUT2D eigenvalue weighted by molar-refractivity contribution is 5.57. The van der Waals surface area contributed by atoms with Crippen LogP contribution in [0.25, 0.3) is 11.6 Å². The Labute approximate surface area is 77.3 Å². The van der Waals surface area contributed by atoms with Gasteiger partial charge in [-0.2, -0.15) is 0 Å². The molecule has 1 aliphatic heterocycles. The summed E-state index contributed by atoms with van der Waals surface area (Å²) in [6, 6.07) is 8.62. The lowest BCUT2D eigenvalue weighted by Crippen LogP contribution is -2.32. The van der Waals surface area contributed by atoms with Gasteiger partial charge in [-0.1, -0.05) is 30.3 Å². The first-order chi connectivity index (χ1) is 6.45. The van der Waals surface area contributed by atoms with Gasteiger partial charge in [-0.05, 0) is 28.9 Å². The Hall–Kier alpha value is -1.08. The van der Waals surface area contributed by atoms with E-state index >= 15 is 0 Å². The van der Waals surface area contributed by atoms with E-state index in [0.717, 1.165) is 19.4 Å². The van der Waals surface area contributed by atoms with Crippen LogP contribution in [0.4, 0.5) is 0 Å². The van der Waals surface area contributed by atoms with Crippen molar-refractivity contribution in [1.82, 2.24) is 0 Å². The van der Waals surface area contributed by atoms with Gasteiger partial charge in [0.1, 0.15) is 0 Å². The Balaban J connectivity index is 2.38. The third kappa shape index (κ3) is 1.04. The molecule has 1 fully saturated rings. The van der Waals surface area contributed by atoms with Crippen LogP contribution in [0.15, 0.2) is 24.3 Å². The highest BCUT2D eigenvalue weighted by atomic mass is 16.5. The number of benzene rings is 1. The molecule has 1 atom stereocenters. The molecule has 0 radical (unpaired) electrons. The van der Waals surface area contributed by atoms with Crippen molar-refractivity contribution in [2.75, 3.05) is 6.61 Å². The molecule has 0 aromatic heterocycles. The van der Waals surface area contributed by atoms with Crippen LogP contribution in [0.1, 0.15) is 12.8 Å². The van der Waals surface area contributed by atoms with Crippen LogP contribution in [0, 0.1) is 0 Å². The molecule has 1 aromatic carbocycles. The van der Waals surface area contributed by atoms with Crippen molar-refractivity contribution >= 4 is 11.6 Å². The first kappa shape index (κ1) is 7.34. The maximum Gasteiger partial charge on any atom is 0.0829 e. The van der Waals surface area contributed by atoms with Gasteiger partial charge in [0, 0.05) is 0 Å². The van der Waals surface area contributed by atoms with Crippen molar-refractivity contribution in [3.05, 3.63) is 34.7 Å². The predicted molar refractivity (Wildman–Crippen MR) is 52.5 cm³/mol. The predicted octanol–water partition coefficient (Wildman–Crippen LogP) is 0.810. The van der Waals surface area contributed by atoms with Crippen LogP contribution in [0.5, 0.6) is 0 Å². The van der Waals surface area contributed by atoms with Crippen molar-refractivity contribution < 1.29 is 4.74 Å². The van der Waals surface area contributed by atoms with Gasteiger partial charge in [0.25, 0.3) is 0 Å². The molecule has 1 aliphatic carbocycles. The standard InChI is InChI=1S/C12H12O/c1-2-4-10-9(3-1)5-6-12-11(10)7-8-13-12/h1-5,12H,6-8H2. The summed E-state index contributed by atoms with van der Waals surface area (Å²) in [5, 5.41) is 2.80. The van der Waals surface area contributed by atoms with Crippen molar-refractivity contribution in [1.29, 1.82) is 0 Å². The van der Waals surface area contributed by atoms with Crippen LogP contribution in [-0.4, -0.2) is 12.7 Å². The van der Waals surface area contributed by atoms with Crippen molar-refractivity contribution in [2.24, 2.45) is 0 Å². The fourth-order valence-electron chi connectivity index (χ4n) is 2.29. The van der Waals surface area contributed by atoms with E-state index in [1.54, 1.807) is 0 Å². The van der Waals surface area contributed by atoms with E-state index in [0.29, 0.717) is 6.10 Å². The number of ether oxygens (including phenoxy) is 1. The highest BCUT2D eigenvalue weighted by Gasteiger charge is 2.23. The van der Waals surface area contributed by atoms with E-state index in [-0.39, 0.29) is 0 Å². The SMILES string of the molecule is C1=c2ccccc2=C2CCOC2C1. The van der Waals surface area contributed by atoms with Gasteiger partial charge in [-0.3, -0.25) is 0 Å². The maximum atomic E-state index is 5.65. The molecule has 1 heteroatoms. The summed E-state index contributed by atoms with van der Waals surface area (Å²) in [5.74, 6) is 0. The third-order valence-corrected chi connectivity index (χ3v) is 2.94. The summed E-state index contributed by atoms with van der Waals surface area (Å²) in [7, 11) is 0. The molecule has 0 bridgehead atoms. The minimum Gasteiger partial charge on any atom is -0.373 e. The average molecular weight is 172 g/mol. The van der Waals surface area contributed by atoms with Crippen LogP contribution >= 0.6 is 0 Å². The molecule has 0 spiro atoms. The van der Waals surface area contributed by atoms with Crippen LogP contribution in [0.2, 0.25) is 0 Å². The Morgan fingerprint density at radius 1 is 1.23 bits per heavy atom. The number of rotatable bonds is 0. The Kier molecular flexibility index (Phi) is 1.53. The van der Waals surface area contributed by atoms with Gasteiger partial charge in [-0.25, -0.2) is 0 Å². The molecule has 1 saturated heterocycles. The quantitative estimate of drug-likeness (QED) is 0.562. The molecule has 0 N–H and O–H groups in total. The van der Waals surface area contributed by atoms with Gasteiger partial charge in [0.05, 0.1) is 12.7 Å². The second kappa shape index (κ2) is 2.71. The van der Waals surface area contributed by atoms with Crippen molar-refractivity contribution in [2.45, 2.75) is 18.9 Å². The second-order valence-electron chi connectivity index (χ2n) is 3.66. The smallest absolute Gasteiger partial charge is 0.0829 e. The summed E-state index contributed by atoms with van der Waals surface area (Å²) in [6.45, 7) is 0.905. The summed E-state index contributed by atoms with van der Waals surface area (Å²) in [6.07, 6.45) is 4.85. The molecule has 1 nitrogen and oxygen atoms in total. The molecule has 1 heterocycles. The Morgan fingerprint density at radius 2 is 2.15 bits per heavy atom. The average Bonchev–Trinajstić information content (AvgIpc) is 2.65. The molecule has 1 unspecified atom stereocenters. The molecular weight excluding hydrogens is 160 g/mol. The van der Waals surface area contributed by atoms with Crippen molar-refractivity contribution in [3.8, 4) is 0 Å². The number of hydrogen-bond acceptors (Lipinski definition) is 1. The molecule has 0 amide bonds. The highest BCUT2D eigenvalue weighted by Crippen LogP contribution is 2.23. The minimum atomic E-state index is 0.384. The van der Waals surface area contributed by atoms with Gasteiger partial charge >= 0.3 is 0 Å². The third-order valence-electron chi connectivity index (χ3n) is 2.94. The van der Waals surface area contributed by atoms with Crippen molar-refractivity contribution in [3.63, 3.8) is 0 Å². The molecule has 2 aliphatic rings. The second-order valence-corrected chi connectivity index (χ2v) is 3.66. The maximum absolute atomic E-state index is 5.65. The van der Waals surface area contributed by atoms with Gasteiger partial charge in [-0.15, -0.1) is 0 Å². The van der Waals surface area contributed by atoms with Crippen LogP contribution in [-0.2, 0) is 4.74 Å². The molecular formula is C12H12O. The lowest BCUT2D eigenvalue weighted by molar-refractivity contribution is 0.134. The van der Waals surface area contributed by atoms with Gasteiger partial charge in [0.15, 0.2) is 0 Å². The summed E-state index contributed by atoms with van der Waals surface area (Å²) >= 11 is 0. The molecule has 1 aromatic rings. The first-order valence-corrected chi connectivity index (χ1v) is 4.85. The van der Waals surface area contributed by atoms with E-state index in [9.17, 15) is 0 Å². The number of fused-ring (bicyclic) bond motifs is 2. The first-order valence-electron chi connectivity index (χ1n) is 4.85. The van der Waals surface area contributed by atoms with Gasteiger partial charge in [0.2, 0.25) is 0 Å². The summed E-state index contributed by atoms with van der Waals surface area (Å²) in [5.41, 5.74) is 1.51. The number of hydrogen-bond donors (Lipinski definition) is 0. The van der Waals surface area contributed by atoms with E-state index < -0.39 is 0 Å². The molecule has 3 rings (SSSR count). The minimum absolute atomic E-state index is 0.384. The normalized spacial score (nSPS) is 24.9. The fraction of sp³-hybridized carbons (Fsp3) is 0.333. The Morgan fingerprint density at radius 3 is 3.15 bits per heavy atom. The van der Waals surface area contributed by atoms with E-state index in [2.05, 4.69) is 30.3 Å². The lowest BCUT2D eigenvalue weighted by Gasteiger charge is -2.13.